The number of carbonyl (C=O) groups excluding carboxylic acids is 2. The Morgan fingerprint density at radius 3 is 2.20 bits per heavy atom. The lowest BCUT2D eigenvalue weighted by atomic mass is 9.71. The van der Waals surface area contributed by atoms with Gasteiger partial charge in [0.25, 0.3) is 0 Å². The largest absolute Gasteiger partial charge is 0.351 e. The zero-order valence-electron chi connectivity index (χ0n) is 17.7. The zero-order chi connectivity index (χ0) is 19.8. The van der Waals surface area contributed by atoms with E-state index in [-0.39, 0.29) is 42.0 Å². The standard InChI is InChI=1S/C22H34N4O2.2ClH/c23-18-22(9-5-2-6-10-22)15-21(28)26-13-11-25(12-14-26)17-20(27)24-16-19-7-3-1-4-8-19;;/h1,3-4,7-8H,2,5-6,9-18,23H2,(H,24,27);2*1H. The number of nitrogens with two attached hydrogens (primary N) is 1. The molecule has 0 radical (unpaired) electrons. The molecule has 170 valence electrons. The molecule has 1 aromatic rings. The summed E-state index contributed by atoms with van der Waals surface area (Å²) in [4.78, 5) is 29.1. The van der Waals surface area contributed by atoms with E-state index in [4.69, 9.17) is 5.73 Å². The van der Waals surface area contributed by atoms with E-state index < -0.39 is 0 Å². The Kier molecular flexibility index (Phi) is 11.7. The number of nitrogens with one attached hydrogen (secondary N) is 1. The summed E-state index contributed by atoms with van der Waals surface area (Å²) in [7, 11) is 0. The molecular weight excluding hydrogens is 423 g/mol. The van der Waals surface area contributed by atoms with Crippen molar-refractivity contribution in [2.24, 2.45) is 11.1 Å². The minimum atomic E-state index is 0. The topological polar surface area (TPSA) is 78.7 Å². The van der Waals surface area contributed by atoms with E-state index in [1.165, 1.54) is 19.3 Å². The predicted octanol–water partition coefficient (Wildman–Crippen LogP) is 2.59. The van der Waals surface area contributed by atoms with Crippen LogP contribution < -0.4 is 11.1 Å². The Hall–Kier alpha value is -1.34. The SMILES string of the molecule is Cl.Cl.NCC1(CC(=O)N2CCN(CC(=O)NCc3ccccc3)CC2)CCCCC1. The van der Waals surface area contributed by atoms with E-state index in [0.717, 1.165) is 31.5 Å². The summed E-state index contributed by atoms with van der Waals surface area (Å²) >= 11 is 0. The van der Waals surface area contributed by atoms with Crippen LogP contribution in [0.3, 0.4) is 0 Å². The van der Waals surface area contributed by atoms with Gasteiger partial charge in [-0.15, -0.1) is 24.8 Å². The summed E-state index contributed by atoms with van der Waals surface area (Å²) in [6.07, 6.45) is 6.39. The van der Waals surface area contributed by atoms with E-state index in [1.54, 1.807) is 0 Å². The van der Waals surface area contributed by atoms with E-state index in [0.29, 0.717) is 39.1 Å². The second-order valence-electron chi connectivity index (χ2n) is 8.36. The third kappa shape index (κ3) is 7.73. The van der Waals surface area contributed by atoms with Crippen LogP contribution in [-0.4, -0.2) is 60.9 Å². The minimum absolute atomic E-state index is 0. The van der Waals surface area contributed by atoms with Crippen LogP contribution in [-0.2, 0) is 16.1 Å². The molecule has 1 heterocycles. The lowest BCUT2D eigenvalue weighted by Gasteiger charge is -2.39. The highest BCUT2D eigenvalue weighted by molar-refractivity contribution is 5.85. The fraction of sp³-hybridized carbons (Fsp3) is 0.636. The first-order chi connectivity index (χ1) is 13.6. The van der Waals surface area contributed by atoms with Crippen molar-refractivity contribution in [1.82, 2.24) is 15.1 Å². The molecule has 8 heteroatoms. The van der Waals surface area contributed by atoms with Crippen LogP contribution in [0.25, 0.3) is 0 Å². The van der Waals surface area contributed by atoms with Crippen molar-refractivity contribution < 1.29 is 9.59 Å². The lowest BCUT2D eigenvalue weighted by molar-refractivity contribution is -0.136. The van der Waals surface area contributed by atoms with Gasteiger partial charge in [-0.2, -0.15) is 0 Å². The molecule has 0 bridgehead atoms. The third-order valence-corrected chi connectivity index (χ3v) is 6.30. The van der Waals surface area contributed by atoms with Crippen LogP contribution in [0.2, 0.25) is 0 Å². The van der Waals surface area contributed by atoms with Crippen molar-refractivity contribution in [3.63, 3.8) is 0 Å². The quantitative estimate of drug-likeness (QED) is 0.657. The van der Waals surface area contributed by atoms with Crippen LogP contribution in [0, 0.1) is 5.41 Å². The normalized spacial score (nSPS) is 18.6. The van der Waals surface area contributed by atoms with E-state index in [1.807, 2.05) is 35.2 Å². The van der Waals surface area contributed by atoms with Gasteiger partial charge in [-0.3, -0.25) is 14.5 Å². The maximum absolute atomic E-state index is 12.8. The average molecular weight is 459 g/mol. The molecule has 3 N–H and O–H groups in total. The van der Waals surface area contributed by atoms with Gasteiger partial charge in [-0.05, 0) is 30.4 Å². The van der Waals surface area contributed by atoms with Crippen LogP contribution in [0.4, 0.5) is 0 Å². The highest BCUT2D eigenvalue weighted by Crippen LogP contribution is 2.38. The molecule has 1 saturated carbocycles. The summed E-state index contributed by atoms with van der Waals surface area (Å²) < 4.78 is 0. The number of halogens is 2. The summed E-state index contributed by atoms with van der Waals surface area (Å²) in [6, 6.07) is 9.92. The zero-order valence-corrected chi connectivity index (χ0v) is 19.3. The number of benzene rings is 1. The summed E-state index contributed by atoms with van der Waals surface area (Å²) in [5, 5.41) is 2.97. The van der Waals surface area contributed by atoms with Crippen molar-refractivity contribution in [3.8, 4) is 0 Å². The number of nitrogens with zero attached hydrogens (tertiary/aromatic N) is 2. The molecule has 2 amide bonds. The molecule has 0 unspecified atom stereocenters. The van der Waals surface area contributed by atoms with Gasteiger partial charge in [-0.25, -0.2) is 0 Å². The first-order valence-corrected chi connectivity index (χ1v) is 10.6. The first kappa shape index (κ1) is 26.7. The van der Waals surface area contributed by atoms with Crippen molar-refractivity contribution in [3.05, 3.63) is 35.9 Å². The van der Waals surface area contributed by atoms with Gasteiger partial charge in [-0.1, -0.05) is 49.6 Å². The van der Waals surface area contributed by atoms with E-state index in [9.17, 15) is 9.59 Å². The van der Waals surface area contributed by atoms with Crippen LogP contribution in [0.1, 0.15) is 44.1 Å². The van der Waals surface area contributed by atoms with Crippen LogP contribution in [0.15, 0.2) is 30.3 Å². The molecule has 0 spiro atoms. The molecule has 1 aromatic carbocycles. The number of carbonyl (C=O) groups is 2. The minimum Gasteiger partial charge on any atom is -0.351 e. The maximum atomic E-state index is 12.8. The summed E-state index contributed by atoms with van der Waals surface area (Å²) in [6.45, 7) is 4.46. The van der Waals surface area contributed by atoms with Crippen molar-refractivity contribution in [2.75, 3.05) is 39.3 Å². The van der Waals surface area contributed by atoms with E-state index in [2.05, 4.69) is 10.2 Å². The van der Waals surface area contributed by atoms with Crippen LogP contribution >= 0.6 is 24.8 Å². The fourth-order valence-electron chi connectivity index (χ4n) is 4.40. The molecule has 0 aromatic heterocycles. The monoisotopic (exact) mass is 458 g/mol. The van der Waals surface area contributed by atoms with Crippen molar-refractivity contribution in [2.45, 2.75) is 45.1 Å². The van der Waals surface area contributed by atoms with Gasteiger partial charge in [0, 0.05) is 39.1 Å². The van der Waals surface area contributed by atoms with Gasteiger partial charge in [0.1, 0.15) is 0 Å². The number of hydrogen-bond acceptors (Lipinski definition) is 4. The average Bonchev–Trinajstić information content (AvgIpc) is 2.74. The smallest absolute Gasteiger partial charge is 0.234 e. The number of hydrogen-bond donors (Lipinski definition) is 2. The highest BCUT2D eigenvalue weighted by atomic mass is 35.5. The third-order valence-electron chi connectivity index (χ3n) is 6.30. The predicted molar refractivity (Wildman–Crippen MR) is 125 cm³/mol. The molecule has 6 nitrogen and oxygen atoms in total. The van der Waals surface area contributed by atoms with Gasteiger partial charge in [0.05, 0.1) is 6.54 Å². The second-order valence-corrected chi connectivity index (χ2v) is 8.36. The summed E-state index contributed by atoms with van der Waals surface area (Å²) in [5.74, 6) is 0.272. The molecule has 0 atom stereocenters. The first-order valence-electron chi connectivity index (χ1n) is 10.6. The Morgan fingerprint density at radius 2 is 1.60 bits per heavy atom. The van der Waals surface area contributed by atoms with Gasteiger partial charge in [0.2, 0.25) is 11.8 Å². The number of amides is 2. The van der Waals surface area contributed by atoms with Crippen LogP contribution in [0.5, 0.6) is 0 Å². The molecule has 2 aliphatic rings. The second kappa shape index (κ2) is 13.2. The van der Waals surface area contributed by atoms with Gasteiger partial charge < -0.3 is 16.0 Å². The van der Waals surface area contributed by atoms with Gasteiger partial charge in [0.15, 0.2) is 0 Å². The fourth-order valence-corrected chi connectivity index (χ4v) is 4.40. The maximum Gasteiger partial charge on any atom is 0.234 e. The van der Waals surface area contributed by atoms with Crippen molar-refractivity contribution >= 4 is 36.6 Å². The Bertz CT molecular complexity index is 646. The van der Waals surface area contributed by atoms with Gasteiger partial charge >= 0.3 is 0 Å². The molecule has 30 heavy (non-hydrogen) atoms. The Morgan fingerprint density at radius 1 is 0.967 bits per heavy atom. The molecular formula is C22H36Cl2N4O2. The molecule has 1 aliphatic heterocycles. The highest BCUT2D eigenvalue weighted by Gasteiger charge is 2.35. The molecule has 3 rings (SSSR count). The van der Waals surface area contributed by atoms with Crippen molar-refractivity contribution in [1.29, 1.82) is 0 Å². The molecule has 1 aliphatic carbocycles. The molecule has 1 saturated heterocycles. The molecule has 2 fully saturated rings. The number of piperazine rings is 1. The Labute approximate surface area is 192 Å². The lowest BCUT2D eigenvalue weighted by Crippen LogP contribution is -2.52. The number of rotatable bonds is 7. The Balaban J connectivity index is 0.00000225. The summed E-state index contributed by atoms with van der Waals surface area (Å²) in [5.41, 5.74) is 7.16. The van der Waals surface area contributed by atoms with E-state index >= 15 is 0 Å².